The molecule has 3 heterocycles. The third-order valence-electron chi connectivity index (χ3n) is 10.1. The lowest BCUT2D eigenvalue weighted by Crippen LogP contribution is -2.32. The predicted octanol–water partition coefficient (Wildman–Crippen LogP) is 8.24. The number of alkyl halides is 3. The van der Waals surface area contributed by atoms with Gasteiger partial charge in [-0.3, -0.25) is 9.59 Å². The second-order valence-corrected chi connectivity index (χ2v) is 15.2. The minimum absolute atomic E-state index is 0.0251. The molecule has 1 aliphatic carbocycles. The molecule has 288 valence electrons. The molecular formula is C42H39F3N5O5S+. The summed E-state index contributed by atoms with van der Waals surface area (Å²) < 4.78 is 50.4. The van der Waals surface area contributed by atoms with Crippen molar-refractivity contribution in [2.45, 2.75) is 38.3 Å². The van der Waals surface area contributed by atoms with Crippen LogP contribution in [0.3, 0.4) is 0 Å². The van der Waals surface area contributed by atoms with Gasteiger partial charge in [0.25, 0.3) is 0 Å². The molecule has 3 aromatic carbocycles. The fourth-order valence-corrected chi connectivity index (χ4v) is 7.96. The van der Waals surface area contributed by atoms with Crippen molar-refractivity contribution in [2.75, 3.05) is 31.6 Å². The van der Waals surface area contributed by atoms with Crippen LogP contribution in [-0.4, -0.2) is 73.8 Å². The van der Waals surface area contributed by atoms with Gasteiger partial charge in [-0.25, -0.2) is 9.67 Å². The molecule has 0 saturated carbocycles. The highest BCUT2D eigenvalue weighted by molar-refractivity contribution is 7.19. The quantitative estimate of drug-likeness (QED) is 0.0738. The summed E-state index contributed by atoms with van der Waals surface area (Å²) in [6.07, 6.45) is 1.29. The number of rotatable bonds is 12. The van der Waals surface area contributed by atoms with Crippen molar-refractivity contribution in [1.29, 1.82) is 0 Å². The molecule has 7 rings (SSSR count). The molecule has 0 atom stereocenters. The number of hydrogen-bond donors (Lipinski definition) is 2. The largest absolute Gasteiger partial charge is 0.506 e. The van der Waals surface area contributed by atoms with Crippen LogP contribution in [0.25, 0.3) is 27.9 Å². The van der Waals surface area contributed by atoms with Gasteiger partial charge >= 0.3 is 12.1 Å². The number of carbonyl (C=O) groups is 2. The Labute approximate surface area is 324 Å². The van der Waals surface area contributed by atoms with Crippen LogP contribution in [0, 0.1) is 0 Å². The Morgan fingerprint density at radius 2 is 1.75 bits per heavy atom. The van der Waals surface area contributed by atoms with E-state index in [1.165, 1.54) is 6.08 Å². The van der Waals surface area contributed by atoms with E-state index in [0.29, 0.717) is 23.4 Å². The zero-order valence-corrected chi connectivity index (χ0v) is 31.9. The second-order valence-electron chi connectivity index (χ2n) is 14.1. The molecule has 0 radical (unpaired) electrons. The number of benzene rings is 3. The number of hydrogen-bond acceptors (Lipinski definition) is 9. The van der Waals surface area contributed by atoms with E-state index in [2.05, 4.69) is 21.0 Å². The first kappa shape index (κ1) is 38.3. The van der Waals surface area contributed by atoms with E-state index in [-0.39, 0.29) is 31.1 Å². The van der Waals surface area contributed by atoms with E-state index in [0.717, 1.165) is 44.8 Å². The number of aliphatic hydroxyl groups is 1. The number of halogens is 3. The van der Waals surface area contributed by atoms with Crippen LogP contribution in [0.5, 0.6) is 5.88 Å². The van der Waals surface area contributed by atoms with Crippen molar-refractivity contribution < 1.29 is 42.3 Å². The zero-order valence-electron chi connectivity index (χ0n) is 31.1. The lowest BCUT2D eigenvalue weighted by Gasteiger charge is -2.23. The van der Waals surface area contributed by atoms with Crippen LogP contribution in [0.15, 0.2) is 90.2 Å². The monoisotopic (exact) mass is 782 g/mol. The van der Waals surface area contributed by atoms with Gasteiger partial charge in [0.1, 0.15) is 10.8 Å². The van der Waals surface area contributed by atoms with Gasteiger partial charge in [0, 0.05) is 50.5 Å². The minimum Gasteiger partial charge on any atom is -0.506 e. The summed E-state index contributed by atoms with van der Waals surface area (Å²) in [5.74, 6) is -2.79. The number of esters is 1. The molecule has 0 spiro atoms. The molecule has 56 heavy (non-hydrogen) atoms. The highest BCUT2D eigenvalue weighted by Crippen LogP contribution is 2.47. The van der Waals surface area contributed by atoms with Crippen molar-refractivity contribution in [3.63, 3.8) is 0 Å². The van der Waals surface area contributed by atoms with E-state index in [1.807, 2.05) is 104 Å². The van der Waals surface area contributed by atoms with E-state index in [1.54, 1.807) is 11.3 Å². The van der Waals surface area contributed by atoms with Crippen molar-refractivity contribution in [3.8, 4) is 5.88 Å². The number of anilines is 1. The minimum atomic E-state index is -4.97. The van der Waals surface area contributed by atoms with Crippen LogP contribution in [-0.2, 0) is 33.0 Å². The Morgan fingerprint density at radius 3 is 2.46 bits per heavy atom. The summed E-state index contributed by atoms with van der Waals surface area (Å²) in [7, 11) is 3.07. The van der Waals surface area contributed by atoms with Crippen LogP contribution < -0.4 is 4.90 Å². The van der Waals surface area contributed by atoms with E-state index in [9.17, 15) is 33.0 Å². The fourth-order valence-electron chi connectivity index (χ4n) is 7.09. The van der Waals surface area contributed by atoms with Gasteiger partial charge in [-0.1, -0.05) is 48.5 Å². The summed E-state index contributed by atoms with van der Waals surface area (Å²) in [6, 6.07) is 23.7. The van der Waals surface area contributed by atoms with Crippen LogP contribution in [0.4, 0.5) is 24.5 Å². The summed E-state index contributed by atoms with van der Waals surface area (Å²) in [5.41, 5.74) is 1.47. The predicted molar refractivity (Wildman–Crippen MR) is 210 cm³/mol. The van der Waals surface area contributed by atoms with Crippen molar-refractivity contribution in [2.24, 2.45) is 7.05 Å². The number of nitrogens with zero attached hydrogens (tertiary/aromatic N) is 5. The molecule has 10 nitrogen and oxygen atoms in total. The second kappa shape index (κ2) is 14.9. The molecule has 1 aliphatic heterocycles. The third kappa shape index (κ3) is 7.24. The molecule has 0 fully saturated rings. The van der Waals surface area contributed by atoms with Gasteiger partial charge < -0.3 is 19.8 Å². The Bertz CT molecular complexity index is 2460. The van der Waals surface area contributed by atoms with Crippen LogP contribution in [0.2, 0.25) is 0 Å². The number of Topliss-reactive ketones (excluding diaryl/α,β-unsaturated/α-hetero) is 1. The first-order chi connectivity index (χ1) is 26.6. The number of aryl methyl sites for hydroxylation is 1. The summed E-state index contributed by atoms with van der Waals surface area (Å²) >= 11 is 1.64. The lowest BCUT2D eigenvalue weighted by molar-refractivity contribution is -0.440. The first-order valence-electron chi connectivity index (χ1n) is 17.9. The van der Waals surface area contributed by atoms with Crippen molar-refractivity contribution in [3.05, 3.63) is 118 Å². The van der Waals surface area contributed by atoms with E-state index in [4.69, 9.17) is 4.74 Å². The summed E-state index contributed by atoms with van der Waals surface area (Å²) in [6.45, 7) is 4.72. The number of carbonyl (C=O) groups excluding carboxylic acids is 2. The maximum Gasteiger partial charge on any atom is 0.435 e. The standard InChI is InChI=1S/C42H38F3N5O5S/c1-41(2)28-10-5-7-12-30(28)50(32(41)24-27-37(52)35(38(27)53)36-39(42(43,44)45)47-49(4)40(36)54)22-23-55-34(51)14-9-21-48(3)26-18-15-25(16-19-26)17-20-33-46-29-11-6-8-13-31(29)56-33/h5-8,10-13,15-20,24H,9,14,21-23H2,1-4H3,(H,52,53)/p+1/b20-17+. The Hall–Kier alpha value is -6.02. The van der Waals surface area contributed by atoms with Crippen molar-refractivity contribution >= 4 is 68.1 Å². The third-order valence-corrected chi connectivity index (χ3v) is 11.1. The Morgan fingerprint density at radius 1 is 1.04 bits per heavy atom. The van der Waals surface area contributed by atoms with Gasteiger partial charge in [-0.05, 0) is 56.2 Å². The lowest BCUT2D eigenvalue weighted by atomic mass is 9.77. The number of aromatic hydroxyl groups is 1. The van der Waals surface area contributed by atoms with Gasteiger partial charge in [-0.15, -0.1) is 11.3 Å². The molecule has 0 unspecified atom stereocenters. The number of ether oxygens (including phenoxy) is 1. The summed E-state index contributed by atoms with van der Waals surface area (Å²) in [5, 5.41) is 25.6. The number of fused-ring (bicyclic) bond motifs is 2. The van der Waals surface area contributed by atoms with Crippen LogP contribution in [0.1, 0.15) is 54.1 Å². The average Bonchev–Trinajstić information content (AvgIpc) is 3.79. The van der Waals surface area contributed by atoms with Crippen LogP contribution >= 0.6 is 11.3 Å². The van der Waals surface area contributed by atoms with E-state index < -0.39 is 45.8 Å². The molecule has 2 N–H and O–H groups in total. The molecule has 0 bridgehead atoms. The number of aliphatic hydroxyl groups excluding tert-OH is 1. The first-order valence-corrected chi connectivity index (χ1v) is 18.7. The van der Waals surface area contributed by atoms with Gasteiger partial charge in [0.15, 0.2) is 24.6 Å². The van der Waals surface area contributed by atoms with Crippen molar-refractivity contribution in [1.82, 2.24) is 14.8 Å². The molecule has 0 amide bonds. The Balaban J connectivity index is 0.979. The molecular weight excluding hydrogens is 744 g/mol. The maximum absolute atomic E-state index is 13.7. The maximum atomic E-state index is 13.7. The molecule has 2 aliphatic rings. The average molecular weight is 783 g/mol. The molecule has 5 aromatic rings. The Kier molecular flexibility index (Phi) is 10.2. The highest BCUT2D eigenvalue weighted by atomic mass is 32.1. The molecule has 0 saturated heterocycles. The topological polar surface area (TPSA) is 121 Å². The van der Waals surface area contributed by atoms with Gasteiger partial charge in [0.2, 0.25) is 17.4 Å². The number of thiazole rings is 1. The number of ketones is 1. The zero-order chi connectivity index (χ0) is 39.9. The fraction of sp³-hybridized carbons (Fsp3) is 0.262. The smallest absolute Gasteiger partial charge is 0.435 e. The van der Waals surface area contributed by atoms with E-state index >= 15 is 0 Å². The van der Waals surface area contributed by atoms with Gasteiger partial charge in [-0.2, -0.15) is 22.8 Å². The van der Waals surface area contributed by atoms with Gasteiger partial charge in [0.05, 0.1) is 32.3 Å². The highest BCUT2D eigenvalue weighted by Gasteiger charge is 2.49. The molecule has 14 heteroatoms. The molecule has 2 aromatic heterocycles. The number of allylic oxidation sites excluding steroid dienone is 3. The summed E-state index contributed by atoms with van der Waals surface area (Å²) in [4.78, 5) is 32.9. The number of aromatic nitrogens is 3. The number of para-hydroxylation sites is 2. The normalized spacial score (nSPS) is 16.0. The SMILES string of the molecule is CN(CCCC(=O)OCC[N+]1=C(/C=C2\C(=O)C(c3c(C(F)(F)F)nn(C)c3O)=C2O)C(C)(C)c2ccccc21)c1ccc(/C=C/c2nc3ccccc3s2)cc1.